The van der Waals surface area contributed by atoms with Crippen molar-refractivity contribution in [3.63, 3.8) is 0 Å². The van der Waals surface area contributed by atoms with Crippen LogP contribution in [0, 0.1) is 33.3 Å². The Morgan fingerprint density at radius 3 is 2.41 bits per heavy atom. The fourth-order valence-electron chi connectivity index (χ4n) is 7.17. The van der Waals surface area contributed by atoms with E-state index in [2.05, 4.69) is 5.32 Å². The maximum atomic E-state index is 13.3. The zero-order valence-electron chi connectivity index (χ0n) is 18.2. The average molecular weight is 462 g/mol. The van der Waals surface area contributed by atoms with Crippen LogP contribution in [0.2, 0.25) is 0 Å². The van der Waals surface area contributed by atoms with Gasteiger partial charge in [0.25, 0.3) is 5.69 Å². The monoisotopic (exact) mass is 461 g/mol. The SMILES string of the molecule is O=C(NCC1CCCCN1S(=O)(=O)c1cccc([N+](=O)[O-])c1)C12CC3CC(CC(C3)C1)C2. The van der Waals surface area contributed by atoms with Crippen molar-refractivity contribution in [3.05, 3.63) is 34.4 Å². The van der Waals surface area contributed by atoms with Gasteiger partial charge in [-0.1, -0.05) is 12.5 Å². The van der Waals surface area contributed by atoms with Gasteiger partial charge < -0.3 is 5.32 Å². The molecule has 1 unspecified atom stereocenters. The third kappa shape index (κ3) is 3.83. The van der Waals surface area contributed by atoms with Crippen molar-refractivity contribution in [1.82, 2.24) is 9.62 Å². The normalized spacial score (nSPS) is 34.4. The molecule has 0 spiro atoms. The highest BCUT2D eigenvalue weighted by molar-refractivity contribution is 7.89. The molecule has 1 atom stereocenters. The summed E-state index contributed by atoms with van der Waals surface area (Å²) in [6.45, 7) is 0.664. The van der Waals surface area contributed by atoms with Gasteiger partial charge in [0.2, 0.25) is 15.9 Å². The molecule has 1 saturated heterocycles. The van der Waals surface area contributed by atoms with Crippen LogP contribution in [-0.2, 0) is 14.8 Å². The van der Waals surface area contributed by atoms with E-state index in [9.17, 15) is 23.3 Å². The van der Waals surface area contributed by atoms with Crippen molar-refractivity contribution in [2.75, 3.05) is 13.1 Å². The zero-order chi connectivity index (χ0) is 22.5. The quantitative estimate of drug-likeness (QED) is 0.515. The van der Waals surface area contributed by atoms with Gasteiger partial charge in [0.15, 0.2) is 0 Å². The third-order valence-electron chi connectivity index (χ3n) is 8.23. The molecule has 6 rings (SSSR count). The number of nitro groups is 1. The highest BCUT2D eigenvalue weighted by Gasteiger charge is 2.54. The number of non-ortho nitro benzene ring substituents is 1. The number of hydrogen-bond acceptors (Lipinski definition) is 5. The highest BCUT2D eigenvalue weighted by Crippen LogP contribution is 2.60. The first-order valence-electron chi connectivity index (χ1n) is 11.8. The number of benzene rings is 1. The first-order chi connectivity index (χ1) is 15.3. The molecule has 1 amide bonds. The second-order valence-corrected chi connectivity index (χ2v) is 12.3. The van der Waals surface area contributed by atoms with Gasteiger partial charge in [-0.15, -0.1) is 0 Å². The first-order valence-corrected chi connectivity index (χ1v) is 13.3. The molecule has 1 heterocycles. The summed E-state index contributed by atoms with van der Waals surface area (Å²) in [6, 6.07) is 4.89. The minimum absolute atomic E-state index is 0.0639. The minimum atomic E-state index is -3.88. The van der Waals surface area contributed by atoms with Gasteiger partial charge in [0.05, 0.1) is 9.82 Å². The smallest absolute Gasteiger partial charge is 0.270 e. The standard InChI is InChI=1S/C23H31N3O5S/c27-22(23-12-16-8-17(13-23)10-18(9-16)14-23)24-15-20-4-1-2-7-25(20)32(30,31)21-6-3-5-19(11-21)26(28)29/h3,5-6,11,16-18,20H,1-2,4,7-10,12-15H2,(H,24,27). The van der Waals surface area contributed by atoms with Gasteiger partial charge in [-0.2, -0.15) is 4.31 Å². The summed E-state index contributed by atoms with van der Waals surface area (Å²) in [5, 5.41) is 14.3. The summed E-state index contributed by atoms with van der Waals surface area (Å²) in [6.07, 6.45) is 9.06. The summed E-state index contributed by atoms with van der Waals surface area (Å²) >= 11 is 0. The van der Waals surface area contributed by atoms with Crippen LogP contribution in [0.5, 0.6) is 0 Å². The van der Waals surface area contributed by atoms with Gasteiger partial charge in [-0.05, 0) is 75.2 Å². The minimum Gasteiger partial charge on any atom is -0.354 e. The number of piperidine rings is 1. The molecule has 1 N–H and O–H groups in total. The van der Waals surface area contributed by atoms with Crippen LogP contribution >= 0.6 is 0 Å². The molecule has 1 aliphatic heterocycles. The largest absolute Gasteiger partial charge is 0.354 e. The van der Waals surface area contributed by atoms with Gasteiger partial charge in [-0.25, -0.2) is 8.42 Å². The Kier molecular flexibility index (Phi) is 5.52. The lowest BCUT2D eigenvalue weighted by Crippen LogP contribution is -2.56. The summed E-state index contributed by atoms with van der Waals surface area (Å²) in [7, 11) is -3.88. The highest BCUT2D eigenvalue weighted by atomic mass is 32.2. The second-order valence-electron chi connectivity index (χ2n) is 10.4. The van der Waals surface area contributed by atoms with Crippen LogP contribution in [0.1, 0.15) is 57.8 Å². The van der Waals surface area contributed by atoms with E-state index >= 15 is 0 Å². The number of rotatable bonds is 6. The lowest BCUT2D eigenvalue weighted by Gasteiger charge is -2.55. The van der Waals surface area contributed by atoms with E-state index in [-0.39, 0.29) is 27.9 Å². The number of nitro benzene ring substituents is 1. The zero-order valence-corrected chi connectivity index (χ0v) is 19.1. The van der Waals surface area contributed by atoms with Crippen molar-refractivity contribution in [1.29, 1.82) is 0 Å². The van der Waals surface area contributed by atoms with Crippen molar-refractivity contribution in [3.8, 4) is 0 Å². The van der Waals surface area contributed by atoms with E-state index in [0.29, 0.717) is 37.3 Å². The lowest BCUT2D eigenvalue weighted by molar-refractivity contribution is -0.385. The molecule has 5 fully saturated rings. The molecular weight excluding hydrogens is 430 g/mol. The molecule has 32 heavy (non-hydrogen) atoms. The number of amides is 1. The second kappa shape index (κ2) is 8.09. The first kappa shape index (κ1) is 21.8. The van der Waals surface area contributed by atoms with Crippen LogP contribution in [0.4, 0.5) is 5.69 Å². The van der Waals surface area contributed by atoms with Gasteiger partial charge >= 0.3 is 0 Å². The van der Waals surface area contributed by atoms with Crippen molar-refractivity contribution < 1.29 is 18.1 Å². The fraction of sp³-hybridized carbons (Fsp3) is 0.696. The fourth-order valence-corrected chi connectivity index (χ4v) is 8.91. The Labute approximate surface area is 188 Å². The molecule has 1 aromatic rings. The molecule has 5 aliphatic rings. The Morgan fingerprint density at radius 2 is 1.78 bits per heavy atom. The van der Waals surface area contributed by atoms with Crippen molar-refractivity contribution in [2.24, 2.45) is 23.2 Å². The van der Waals surface area contributed by atoms with Gasteiger partial charge in [0, 0.05) is 36.7 Å². The van der Waals surface area contributed by atoms with Crippen LogP contribution in [-0.4, -0.2) is 42.7 Å². The van der Waals surface area contributed by atoms with Gasteiger partial charge in [-0.3, -0.25) is 14.9 Å². The summed E-state index contributed by atoms with van der Waals surface area (Å²) < 4.78 is 28.1. The number of sulfonamides is 1. The maximum absolute atomic E-state index is 13.3. The topological polar surface area (TPSA) is 110 Å². The molecule has 174 valence electrons. The van der Waals surface area contributed by atoms with Crippen LogP contribution in [0.15, 0.2) is 29.2 Å². The number of nitrogens with zero attached hydrogens (tertiary/aromatic N) is 2. The van der Waals surface area contributed by atoms with E-state index in [1.54, 1.807) is 0 Å². The Morgan fingerprint density at radius 1 is 1.12 bits per heavy atom. The van der Waals surface area contributed by atoms with Crippen molar-refractivity contribution >= 4 is 21.6 Å². The molecule has 4 bridgehead atoms. The molecule has 4 aliphatic carbocycles. The third-order valence-corrected chi connectivity index (χ3v) is 10.2. The number of carbonyl (C=O) groups is 1. The van der Waals surface area contributed by atoms with E-state index < -0.39 is 14.9 Å². The van der Waals surface area contributed by atoms with E-state index in [1.165, 1.54) is 41.8 Å². The number of carbonyl (C=O) groups excluding carboxylic acids is 1. The predicted octanol–water partition coefficient (Wildman–Crippen LogP) is 3.47. The Bertz CT molecular complexity index is 989. The van der Waals surface area contributed by atoms with Crippen LogP contribution in [0.3, 0.4) is 0 Å². The molecule has 4 saturated carbocycles. The maximum Gasteiger partial charge on any atom is 0.270 e. The average Bonchev–Trinajstić information content (AvgIpc) is 2.76. The Balaban J connectivity index is 1.30. The summed E-state index contributed by atoms with van der Waals surface area (Å²) in [4.78, 5) is 23.8. The lowest BCUT2D eigenvalue weighted by atomic mass is 9.49. The molecule has 8 nitrogen and oxygen atoms in total. The number of nitrogens with one attached hydrogen (secondary N) is 1. The molecular formula is C23H31N3O5S. The van der Waals surface area contributed by atoms with Crippen molar-refractivity contribution in [2.45, 2.75) is 68.7 Å². The number of hydrogen-bond donors (Lipinski definition) is 1. The van der Waals surface area contributed by atoms with Crippen LogP contribution < -0.4 is 5.32 Å². The van der Waals surface area contributed by atoms with Crippen LogP contribution in [0.25, 0.3) is 0 Å². The molecule has 9 heteroatoms. The Hall–Kier alpha value is -2.00. The van der Waals surface area contributed by atoms with E-state index in [1.807, 2.05) is 0 Å². The van der Waals surface area contributed by atoms with Gasteiger partial charge in [0.1, 0.15) is 0 Å². The molecule has 0 aromatic heterocycles. The summed E-state index contributed by atoms with van der Waals surface area (Å²) in [5.74, 6) is 2.13. The summed E-state index contributed by atoms with van der Waals surface area (Å²) in [5.41, 5.74) is -0.498. The predicted molar refractivity (Wildman–Crippen MR) is 118 cm³/mol. The van der Waals surface area contributed by atoms with E-state index in [4.69, 9.17) is 0 Å². The molecule has 1 aromatic carbocycles. The molecule has 0 radical (unpaired) electrons. The van der Waals surface area contributed by atoms with E-state index in [0.717, 1.165) is 38.2 Å².